The number of likely N-dealkylation sites (tertiary alicyclic amines) is 1. The molecule has 0 bridgehead atoms. The second-order valence-corrected chi connectivity index (χ2v) is 7.01. The molecule has 0 spiro atoms. The Bertz CT molecular complexity index is 701. The summed E-state index contributed by atoms with van der Waals surface area (Å²) in [6, 6.07) is 3.34. The highest BCUT2D eigenvalue weighted by Crippen LogP contribution is 2.34. The molecule has 5 nitrogen and oxygen atoms in total. The van der Waals surface area contributed by atoms with Crippen molar-refractivity contribution >= 4 is 17.5 Å². The fraction of sp³-hybridized carbons (Fsp3) is 0.556. The standard InChI is InChI=1S/C18H22F3N3O2/c19-18(20,21)14-6-11(9-22)7-15(8-14)23-16(25)13-2-1-5-24(10-13)17(26)12-3-4-12/h6-8,12-13H,1-5,9-10,22H2,(H,23,25). The average molecular weight is 369 g/mol. The molecule has 1 heterocycles. The second-order valence-electron chi connectivity index (χ2n) is 7.01. The first-order valence-corrected chi connectivity index (χ1v) is 8.79. The number of carbonyl (C=O) groups is 2. The van der Waals surface area contributed by atoms with Crippen molar-refractivity contribution in [3.8, 4) is 0 Å². The first-order valence-electron chi connectivity index (χ1n) is 8.79. The third-order valence-corrected chi connectivity index (χ3v) is 4.85. The van der Waals surface area contributed by atoms with Crippen LogP contribution in [0, 0.1) is 11.8 Å². The number of amides is 2. The van der Waals surface area contributed by atoms with Crippen LogP contribution < -0.4 is 11.1 Å². The summed E-state index contributed by atoms with van der Waals surface area (Å²) < 4.78 is 39.0. The number of piperidine rings is 1. The molecule has 2 aliphatic rings. The maximum atomic E-state index is 13.0. The molecule has 1 aromatic carbocycles. The molecule has 1 saturated carbocycles. The number of halogens is 3. The number of anilines is 1. The van der Waals surface area contributed by atoms with Gasteiger partial charge < -0.3 is 16.0 Å². The fourth-order valence-electron chi connectivity index (χ4n) is 3.27. The van der Waals surface area contributed by atoms with Crippen molar-refractivity contribution in [2.24, 2.45) is 17.6 Å². The predicted molar refractivity (Wildman–Crippen MR) is 90.0 cm³/mol. The summed E-state index contributed by atoms with van der Waals surface area (Å²) in [4.78, 5) is 26.4. The average Bonchev–Trinajstić information content (AvgIpc) is 3.45. The number of benzene rings is 1. The number of nitrogens with zero attached hydrogens (tertiary/aromatic N) is 1. The second kappa shape index (κ2) is 7.26. The van der Waals surface area contributed by atoms with Gasteiger partial charge in [-0.1, -0.05) is 0 Å². The first kappa shape index (κ1) is 18.7. The molecular weight excluding hydrogens is 347 g/mol. The Morgan fingerprint density at radius 2 is 1.88 bits per heavy atom. The van der Waals surface area contributed by atoms with Gasteiger partial charge in [-0.15, -0.1) is 0 Å². The van der Waals surface area contributed by atoms with Crippen molar-refractivity contribution < 1.29 is 22.8 Å². The Kier molecular flexibility index (Phi) is 5.22. The van der Waals surface area contributed by atoms with Gasteiger partial charge in [0.15, 0.2) is 0 Å². The van der Waals surface area contributed by atoms with Gasteiger partial charge in [-0.2, -0.15) is 13.2 Å². The van der Waals surface area contributed by atoms with Crippen LogP contribution in [-0.2, 0) is 22.3 Å². The lowest BCUT2D eigenvalue weighted by molar-refractivity contribution is -0.138. The van der Waals surface area contributed by atoms with E-state index in [2.05, 4.69) is 5.32 Å². The van der Waals surface area contributed by atoms with Crippen molar-refractivity contribution in [1.82, 2.24) is 4.90 Å². The zero-order valence-electron chi connectivity index (χ0n) is 14.3. The molecule has 3 N–H and O–H groups in total. The molecular formula is C18H22F3N3O2. The predicted octanol–water partition coefficient (Wildman–Crippen LogP) is 2.75. The Balaban J connectivity index is 1.69. The van der Waals surface area contributed by atoms with E-state index in [9.17, 15) is 22.8 Å². The lowest BCUT2D eigenvalue weighted by atomic mass is 9.96. The van der Waals surface area contributed by atoms with Gasteiger partial charge in [-0.3, -0.25) is 9.59 Å². The molecule has 26 heavy (non-hydrogen) atoms. The Hall–Kier alpha value is -2.09. The Morgan fingerprint density at radius 1 is 1.15 bits per heavy atom. The van der Waals surface area contributed by atoms with E-state index in [1.807, 2.05) is 0 Å². The molecule has 142 valence electrons. The van der Waals surface area contributed by atoms with Crippen LogP contribution in [0.1, 0.15) is 36.8 Å². The monoisotopic (exact) mass is 369 g/mol. The smallest absolute Gasteiger partial charge is 0.342 e. The topological polar surface area (TPSA) is 75.4 Å². The van der Waals surface area contributed by atoms with Gasteiger partial charge in [-0.25, -0.2) is 0 Å². The summed E-state index contributed by atoms with van der Waals surface area (Å²) in [6.45, 7) is 0.907. The summed E-state index contributed by atoms with van der Waals surface area (Å²) in [6.07, 6.45) is -1.38. The fourth-order valence-corrected chi connectivity index (χ4v) is 3.27. The SMILES string of the molecule is NCc1cc(NC(=O)C2CCCN(C(=O)C3CC3)C2)cc(C(F)(F)F)c1. The summed E-state index contributed by atoms with van der Waals surface area (Å²) >= 11 is 0. The van der Waals surface area contributed by atoms with Gasteiger partial charge in [0.05, 0.1) is 11.5 Å². The molecule has 0 aromatic heterocycles. The lowest BCUT2D eigenvalue weighted by Crippen LogP contribution is -2.44. The molecule has 1 aliphatic carbocycles. The van der Waals surface area contributed by atoms with E-state index in [0.29, 0.717) is 31.5 Å². The van der Waals surface area contributed by atoms with E-state index in [1.54, 1.807) is 4.90 Å². The molecule has 8 heteroatoms. The quantitative estimate of drug-likeness (QED) is 0.857. The molecule has 2 amide bonds. The molecule has 1 aliphatic heterocycles. The molecule has 3 rings (SSSR count). The van der Waals surface area contributed by atoms with Crippen LogP contribution in [0.5, 0.6) is 0 Å². The molecule has 1 saturated heterocycles. The minimum Gasteiger partial charge on any atom is -0.342 e. The van der Waals surface area contributed by atoms with E-state index >= 15 is 0 Å². The van der Waals surface area contributed by atoms with Crippen molar-refractivity contribution in [2.45, 2.75) is 38.4 Å². The van der Waals surface area contributed by atoms with E-state index in [1.165, 1.54) is 6.07 Å². The Labute approximate surface area is 149 Å². The van der Waals surface area contributed by atoms with Gasteiger partial charge in [-0.05, 0) is 49.4 Å². The number of rotatable bonds is 4. The van der Waals surface area contributed by atoms with Gasteiger partial charge in [0.2, 0.25) is 11.8 Å². The van der Waals surface area contributed by atoms with Crippen LogP contribution in [0.2, 0.25) is 0 Å². The third kappa shape index (κ3) is 4.35. The first-order chi connectivity index (χ1) is 12.3. The third-order valence-electron chi connectivity index (χ3n) is 4.85. The number of alkyl halides is 3. The molecule has 1 unspecified atom stereocenters. The highest BCUT2D eigenvalue weighted by Gasteiger charge is 2.37. The highest BCUT2D eigenvalue weighted by molar-refractivity contribution is 5.93. The molecule has 1 aromatic rings. The lowest BCUT2D eigenvalue weighted by Gasteiger charge is -2.32. The molecule has 1 atom stereocenters. The van der Waals surface area contributed by atoms with Gasteiger partial charge in [0.25, 0.3) is 0 Å². The largest absolute Gasteiger partial charge is 0.416 e. The van der Waals surface area contributed by atoms with E-state index in [0.717, 1.165) is 25.0 Å². The maximum absolute atomic E-state index is 13.0. The van der Waals surface area contributed by atoms with Crippen LogP contribution in [0.3, 0.4) is 0 Å². The zero-order chi connectivity index (χ0) is 18.9. The Morgan fingerprint density at radius 3 is 2.50 bits per heavy atom. The van der Waals surface area contributed by atoms with E-state index < -0.39 is 17.7 Å². The summed E-state index contributed by atoms with van der Waals surface area (Å²) in [5.74, 6) is -0.595. The van der Waals surface area contributed by atoms with Crippen LogP contribution in [-0.4, -0.2) is 29.8 Å². The number of nitrogens with one attached hydrogen (secondary N) is 1. The van der Waals surface area contributed by atoms with Crippen molar-refractivity contribution in [3.63, 3.8) is 0 Å². The molecule has 2 fully saturated rings. The van der Waals surface area contributed by atoms with E-state index in [4.69, 9.17) is 5.73 Å². The van der Waals surface area contributed by atoms with Crippen LogP contribution in [0.4, 0.5) is 18.9 Å². The summed E-state index contributed by atoms with van der Waals surface area (Å²) in [5, 5.41) is 2.57. The summed E-state index contributed by atoms with van der Waals surface area (Å²) in [5.41, 5.74) is 5.00. The van der Waals surface area contributed by atoms with E-state index in [-0.39, 0.29) is 30.0 Å². The van der Waals surface area contributed by atoms with Crippen molar-refractivity contribution in [1.29, 1.82) is 0 Å². The minimum atomic E-state index is -4.51. The number of hydrogen-bond acceptors (Lipinski definition) is 3. The van der Waals surface area contributed by atoms with Crippen LogP contribution in [0.15, 0.2) is 18.2 Å². The van der Waals surface area contributed by atoms with Gasteiger partial charge >= 0.3 is 6.18 Å². The number of hydrogen-bond donors (Lipinski definition) is 2. The van der Waals surface area contributed by atoms with Crippen LogP contribution >= 0.6 is 0 Å². The minimum absolute atomic E-state index is 0.0557. The zero-order valence-corrected chi connectivity index (χ0v) is 14.3. The normalized spacial score (nSPS) is 20.8. The van der Waals surface area contributed by atoms with Crippen molar-refractivity contribution in [3.05, 3.63) is 29.3 Å². The number of nitrogens with two attached hydrogens (primary N) is 1. The number of carbonyl (C=O) groups excluding carboxylic acids is 2. The van der Waals surface area contributed by atoms with Crippen molar-refractivity contribution in [2.75, 3.05) is 18.4 Å². The molecule has 0 radical (unpaired) electrons. The maximum Gasteiger partial charge on any atom is 0.416 e. The summed E-state index contributed by atoms with van der Waals surface area (Å²) in [7, 11) is 0. The van der Waals surface area contributed by atoms with Gasteiger partial charge in [0.1, 0.15) is 0 Å². The van der Waals surface area contributed by atoms with Crippen LogP contribution in [0.25, 0.3) is 0 Å². The highest BCUT2D eigenvalue weighted by atomic mass is 19.4. The van der Waals surface area contributed by atoms with Gasteiger partial charge in [0, 0.05) is 31.2 Å².